The highest BCUT2D eigenvalue weighted by molar-refractivity contribution is 5.94. The van der Waals surface area contributed by atoms with Crippen LogP contribution in [0, 0.1) is 6.92 Å². The first-order valence-electron chi connectivity index (χ1n) is 12.5. The lowest BCUT2D eigenvalue weighted by atomic mass is 10.1. The number of benzene rings is 1. The third-order valence-electron chi connectivity index (χ3n) is 6.50. The van der Waals surface area contributed by atoms with Crippen molar-refractivity contribution in [2.45, 2.75) is 38.7 Å². The number of fused-ring (bicyclic) bond motifs is 1. The van der Waals surface area contributed by atoms with Gasteiger partial charge in [-0.1, -0.05) is 17.7 Å². The maximum absolute atomic E-state index is 12.7. The highest BCUT2D eigenvalue weighted by atomic mass is 16.8. The van der Waals surface area contributed by atoms with Crippen molar-refractivity contribution in [3.05, 3.63) is 59.6 Å². The number of allylic oxidation sites excluding steroid dienone is 1. The molecule has 1 aromatic heterocycles. The first-order chi connectivity index (χ1) is 17.8. The van der Waals surface area contributed by atoms with Gasteiger partial charge in [0, 0.05) is 55.8 Å². The number of hydrogen-bond donors (Lipinski definition) is 1. The van der Waals surface area contributed by atoms with Gasteiger partial charge in [-0.15, -0.1) is 0 Å². The summed E-state index contributed by atoms with van der Waals surface area (Å²) in [5.41, 5.74) is 3.59. The number of nitrogens with zero attached hydrogens (tertiary/aromatic N) is 3. The van der Waals surface area contributed by atoms with Crippen molar-refractivity contribution in [1.29, 1.82) is 0 Å². The van der Waals surface area contributed by atoms with E-state index in [1.807, 2.05) is 39.2 Å². The van der Waals surface area contributed by atoms with Crippen LogP contribution >= 0.6 is 0 Å². The van der Waals surface area contributed by atoms with E-state index < -0.39 is 19.0 Å². The fourth-order valence-electron chi connectivity index (χ4n) is 4.46. The van der Waals surface area contributed by atoms with Crippen LogP contribution in [0.15, 0.2) is 48.4 Å². The van der Waals surface area contributed by atoms with Crippen LogP contribution in [0.5, 0.6) is 0 Å². The molecule has 1 N–H and O–H groups in total. The van der Waals surface area contributed by atoms with Crippen LogP contribution in [0.3, 0.4) is 0 Å². The fraction of sp³-hybridized carbons (Fsp3) is 0.444. The second-order valence-corrected chi connectivity index (χ2v) is 9.57. The second-order valence-electron chi connectivity index (χ2n) is 9.57. The zero-order valence-electron chi connectivity index (χ0n) is 21.6. The summed E-state index contributed by atoms with van der Waals surface area (Å²) in [6, 6.07) is 5.88. The van der Waals surface area contributed by atoms with Crippen molar-refractivity contribution in [2.24, 2.45) is 0 Å². The molecule has 2 aromatic rings. The summed E-state index contributed by atoms with van der Waals surface area (Å²) in [7, 11) is 4.01. The summed E-state index contributed by atoms with van der Waals surface area (Å²) in [6.07, 6.45) is 7.71. The number of ether oxygens (including phenoxy) is 3. The van der Waals surface area contributed by atoms with E-state index in [-0.39, 0.29) is 12.0 Å². The van der Waals surface area contributed by atoms with Crippen molar-refractivity contribution in [3.63, 3.8) is 0 Å². The van der Waals surface area contributed by atoms with Gasteiger partial charge in [-0.3, -0.25) is 9.36 Å². The number of amides is 1. The molecule has 1 saturated heterocycles. The van der Waals surface area contributed by atoms with Gasteiger partial charge in [0.2, 0.25) is 6.79 Å². The number of aryl methyl sites for hydroxylation is 1. The van der Waals surface area contributed by atoms with E-state index in [4.69, 9.17) is 14.2 Å². The molecular weight excluding hydrogens is 476 g/mol. The molecule has 2 aliphatic rings. The first kappa shape index (κ1) is 26.3. The first-order valence-corrected chi connectivity index (χ1v) is 12.5. The zero-order valence-corrected chi connectivity index (χ0v) is 21.6. The van der Waals surface area contributed by atoms with Gasteiger partial charge in [-0.25, -0.2) is 9.59 Å². The van der Waals surface area contributed by atoms with Crippen LogP contribution in [0.2, 0.25) is 0 Å². The van der Waals surface area contributed by atoms with Crippen LogP contribution in [0.4, 0.5) is 9.59 Å². The minimum Gasteiger partial charge on any atom is -0.431 e. The zero-order chi connectivity index (χ0) is 26.4. The van der Waals surface area contributed by atoms with Crippen LogP contribution in [-0.4, -0.2) is 79.1 Å². The van der Waals surface area contributed by atoms with Gasteiger partial charge in [-0.05, 0) is 57.8 Å². The SMILES string of the molecule is Cc1ccc2c(c1)c(CCN(C)C)cn2C(=O)OCOC(=O)OC1CCN(C(=O)C2=CNC=CC2)CC1. The van der Waals surface area contributed by atoms with Gasteiger partial charge < -0.3 is 29.3 Å². The molecule has 37 heavy (non-hydrogen) atoms. The van der Waals surface area contributed by atoms with Crippen molar-refractivity contribution in [1.82, 2.24) is 19.7 Å². The molecule has 0 bridgehead atoms. The Morgan fingerprint density at radius 2 is 1.92 bits per heavy atom. The standard InChI is InChI=1S/C27H34N4O6/c1-19-6-7-24-23(15-19)21(8-12-29(2)3)17-31(24)26(33)35-18-36-27(34)37-22-9-13-30(14-10-22)25(32)20-5-4-11-28-16-20/h4,6-7,11,15-17,22,28H,5,8-10,12-14,18H2,1-3H3. The maximum atomic E-state index is 12.7. The Labute approximate surface area is 216 Å². The Hall–Kier alpha value is -3.79. The van der Waals surface area contributed by atoms with E-state index in [9.17, 15) is 14.4 Å². The van der Waals surface area contributed by atoms with E-state index in [0.29, 0.717) is 37.9 Å². The highest BCUT2D eigenvalue weighted by Gasteiger charge is 2.27. The fourth-order valence-corrected chi connectivity index (χ4v) is 4.46. The van der Waals surface area contributed by atoms with Crippen LogP contribution in [0.1, 0.15) is 30.4 Å². The molecule has 0 spiro atoms. The van der Waals surface area contributed by atoms with Crippen molar-refractivity contribution >= 4 is 29.1 Å². The number of hydrogen-bond acceptors (Lipinski definition) is 8. The number of likely N-dealkylation sites (tertiary alicyclic amines) is 1. The van der Waals surface area contributed by atoms with Gasteiger partial charge in [-0.2, -0.15) is 0 Å². The summed E-state index contributed by atoms with van der Waals surface area (Å²) in [4.78, 5) is 41.3. The Morgan fingerprint density at radius 1 is 1.14 bits per heavy atom. The lowest BCUT2D eigenvalue weighted by molar-refractivity contribution is -0.129. The summed E-state index contributed by atoms with van der Waals surface area (Å²) in [5.74, 6) is -0.0117. The molecular formula is C27H34N4O6. The van der Waals surface area contributed by atoms with Crippen LogP contribution < -0.4 is 5.32 Å². The largest absolute Gasteiger partial charge is 0.511 e. The van der Waals surface area contributed by atoms with Crippen molar-refractivity contribution in [3.8, 4) is 0 Å². The number of dihydropyridines is 1. The number of rotatable bonds is 7. The molecule has 10 heteroatoms. The van der Waals surface area contributed by atoms with E-state index >= 15 is 0 Å². The normalized spacial score (nSPS) is 15.9. The second kappa shape index (κ2) is 12.0. The molecule has 1 aromatic carbocycles. The molecule has 0 radical (unpaired) electrons. The molecule has 198 valence electrons. The molecule has 3 heterocycles. The number of piperidine rings is 1. The molecule has 0 aliphatic carbocycles. The molecule has 0 unspecified atom stereocenters. The third kappa shape index (κ3) is 6.71. The van der Waals surface area contributed by atoms with Gasteiger partial charge in [0.15, 0.2) is 0 Å². The number of aromatic nitrogens is 1. The van der Waals surface area contributed by atoms with E-state index in [1.54, 1.807) is 23.5 Å². The lowest BCUT2D eigenvalue weighted by Crippen LogP contribution is -2.42. The molecule has 2 aliphatic heterocycles. The van der Waals surface area contributed by atoms with E-state index in [1.165, 1.54) is 4.57 Å². The highest BCUT2D eigenvalue weighted by Crippen LogP contribution is 2.24. The molecule has 1 amide bonds. The summed E-state index contributed by atoms with van der Waals surface area (Å²) in [5, 5.41) is 3.93. The number of likely N-dealkylation sites (N-methyl/N-ethyl adjacent to an activating group) is 1. The van der Waals surface area contributed by atoms with Gasteiger partial charge in [0.25, 0.3) is 5.91 Å². The Balaban J connectivity index is 1.24. The Kier molecular flexibility index (Phi) is 8.50. The summed E-state index contributed by atoms with van der Waals surface area (Å²) in [6.45, 7) is 3.28. The predicted molar refractivity (Wildman–Crippen MR) is 138 cm³/mol. The third-order valence-corrected chi connectivity index (χ3v) is 6.50. The number of carbonyl (C=O) groups excluding carboxylic acids is 3. The predicted octanol–water partition coefficient (Wildman–Crippen LogP) is 3.53. The van der Waals surface area contributed by atoms with Crippen LogP contribution in [-0.2, 0) is 25.4 Å². The summed E-state index contributed by atoms with van der Waals surface area (Å²) < 4.78 is 17.0. The Bertz CT molecular complexity index is 1210. The maximum Gasteiger partial charge on any atom is 0.511 e. The molecule has 4 rings (SSSR count). The van der Waals surface area contributed by atoms with E-state index in [2.05, 4.69) is 16.3 Å². The molecule has 1 fully saturated rings. The van der Waals surface area contributed by atoms with Crippen LogP contribution in [0.25, 0.3) is 10.9 Å². The van der Waals surface area contributed by atoms with Crippen molar-refractivity contribution < 1.29 is 28.6 Å². The molecule has 0 atom stereocenters. The average Bonchev–Trinajstić information content (AvgIpc) is 3.25. The van der Waals surface area contributed by atoms with E-state index in [0.717, 1.165) is 35.0 Å². The molecule has 10 nitrogen and oxygen atoms in total. The minimum absolute atomic E-state index is 0.0117. The minimum atomic E-state index is -0.901. The average molecular weight is 511 g/mol. The molecule has 0 saturated carbocycles. The van der Waals surface area contributed by atoms with Gasteiger partial charge >= 0.3 is 12.2 Å². The van der Waals surface area contributed by atoms with Crippen molar-refractivity contribution in [2.75, 3.05) is 40.5 Å². The van der Waals surface area contributed by atoms with Gasteiger partial charge in [0.05, 0.1) is 5.52 Å². The monoisotopic (exact) mass is 510 g/mol. The summed E-state index contributed by atoms with van der Waals surface area (Å²) >= 11 is 0. The van der Waals surface area contributed by atoms with Gasteiger partial charge in [0.1, 0.15) is 6.10 Å². The smallest absolute Gasteiger partial charge is 0.431 e. The topological polar surface area (TPSA) is 102 Å². The number of carbonyl (C=O) groups is 3. The number of nitrogens with one attached hydrogen (secondary N) is 1. The quantitative estimate of drug-likeness (QED) is 0.446. The Morgan fingerprint density at radius 3 is 2.62 bits per heavy atom. The lowest BCUT2D eigenvalue weighted by Gasteiger charge is -2.32.